The molecule has 1 N–H and O–H groups in total. The first-order chi connectivity index (χ1) is 8.62. The van der Waals surface area contributed by atoms with Crippen LogP contribution in [0.1, 0.15) is 17.3 Å². The zero-order valence-corrected chi connectivity index (χ0v) is 9.84. The molecule has 0 amide bonds. The van der Waals surface area contributed by atoms with Gasteiger partial charge in [-0.05, 0) is 13.0 Å². The number of hydrogen-bond acceptors (Lipinski definition) is 2. The maximum atomic E-state index is 12.4. The Morgan fingerprint density at radius 1 is 1.06 bits per heavy atom. The molecule has 0 saturated heterocycles. The average Bonchev–Trinajstić information content (AvgIpc) is 2.81. The van der Waals surface area contributed by atoms with Crippen molar-refractivity contribution in [2.24, 2.45) is 0 Å². The summed E-state index contributed by atoms with van der Waals surface area (Å²) in [5.74, 6) is -0.269. The van der Waals surface area contributed by atoms with Crippen molar-refractivity contribution in [3.8, 4) is 0 Å². The molecular formula is C15H11NO2. The van der Waals surface area contributed by atoms with Crippen LogP contribution in [0, 0.1) is 0 Å². The quantitative estimate of drug-likeness (QED) is 0.653. The van der Waals surface area contributed by atoms with E-state index in [9.17, 15) is 9.90 Å². The van der Waals surface area contributed by atoms with Gasteiger partial charge in [0.05, 0.1) is 11.0 Å². The summed E-state index contributed by atoms with van der Waals surface area (Å²) in [4.78, 5) is 12.4. The topological polar surface area (TPSA) is 42.2 Å². The molecule has 3 heteroatoms. The van der Waals surface area contributed by atoms with Crippen LogP contribution in [-0.2, 0) is 5.60 Å². The van der Waals surface area contributed by atoms with Gasteiger partial charge in [0, 0.05) is 16.3 Å². The van der Waals surface area contributed by atoms with Gasteiger partial charge in [-0.15, -0.1) is 0 Å². The number of hydrogen-bond donors (Lipinski definition) is 1. The molecule has 2 aromatic carbocycles. The fourth-order valence-electron chi connectivity index (χ4n) is 2.96. The molecule has 0 saturated carbocycles. The Morgan fingerprint density at radius 3 is 2.61 bits per heavy atom. The maximum Gasteiger partial charge on any atom is 0.267 e. The summed E-state index contributed by atoms with van der Waals surface area (Å²) < 4.78 is 1.64. The van der Waals surface area contributed by atoms with Gasteiger partial charge in [0.1, 0.15) is 0 Å². The van der Waals surface area contributed by atoms with Crippen LogP contribution in [0.3, 0.4) is 0 Å². The second-order valence-electron chi connectivity index (χ2n) is 4.93. The Kier molecular flexibility index (Phi) is 1.54. The molecule has 4 rings (SSSR count). The van der Waals surface area contributed by atoms with Gasteiger partial charge in [-0.1, -0.05) is 36.4 Å². The van der Waals surface area contributed by atoms with Crippen molar-refractivity contribution < 1.29 is 9.90 Å². The van der Waals surface area contributed by atoms with Crippen LogP contribution in [0.25, 0.3) is 21.8 Å². The largest absolute Gasteiger partial charge is 0.375 e. The lowest BCUT2D eigenvalue weighted by atomic mass is 9.96. The first-order valence-corrected chi connectivity index (χ1v) is 5.92. The van der Waals surface area contributed by atoms with E-state index in [0.29, 0.717) is 5.56 Å². The van der Waals surface area contributed by atoms with Crippen LogP contribution >= 0.6 is 0 Å². The molecule has 88 valence electrons. The Morgan fingerprint density at radius 2 is 1.78 bits per heavy atom. The third-order valence-corrected chi connectivity index (χ3v) is 3.84. The highest BCUT2D eigenvalue weighted by molar-refractivity contribution is 6.19. The number of nitrogens with zero attached hydrogens (tertiary/aromatic N) is 1. The van der Waals surface area contributed by atoms with Gasteiger partial charge in [-0.25, -0.2) is 0 Å². The highest BCUT2D eigenvalue weighted by Crippen LogP contribution is 2.41. The van der Waals surface area contributed by atoms with Gasteiger partial charge >= 0.3 is 0 Å². The number of fused-ring (bicyclic) bond motifs is 3. The van der Waals surface area contributed by atoms with Crippen LogP contribution in [0.4, 0.5) is 0 Å². The van der Waals surface area contributed by atoms with Crippen LogP contribution in [0.2, 0.25) is 0 Å². The molecule has 0 spiro atoms. The summed E-state index contributed by atoms with van der Waals surface area (Å²) in [6.07, 6.45) is 0. The summed E-state index contributed by atoms with van der Waals surface area (Å²) in [5.41, 5.74) is 0.983. The van der Waals surface area contributed by atoms with Gasteiger partial charge in [0.15, 0.2) is 5.60 Å². The molecule has 0 bridgehead atoms. The lowest BCUT2D eigenvalue weighted by Gasteiger charge is -2.15. The normalized spacial score (nSPS) is 22.2. The van der Waals surface area contributed by atoms with E-state index < -0.39 is 5.60 Å². The molecule has 0 fully saturated rings. The Labute approximate surface area is 103 Å². The molecule has 1 aliphatic heterocycles. The fourth-order valence-corrected chi connectivity index (χ4v) is 2.96. The maximum absolute atomic E-state index is 12.4. The number of carbonyl (C=O) groups excluding carboxylic acids is 1. The van der Waals surface area contributed by atoms with Crippen molar-refractivity contribution in [1.82, 2.24) is 4.57 Å². The monoisotopic (exact) mass is 237 g/mol. The average molecular weight is 237 g/mol. The van der Waals surface area contributed by atoms with Crippen molar-refractivity contribution >= 4 is 27.7 Å². The zero-order valence-electron chi connectivity index (χ0n) is 9.84. The molecule has 18 heavy (non-hydrogen) atoms. The summed E-state index contributed by atoms with van der Waals surface area (Å²) in [6.45, 7) is 1.56. The van der Waals surface area contributed by atoms with Gasteiger partial charge < -0.3 is 5.11 Å². The highest BCUT2D eigenvalue weighted by Gasteiger charge is 2.43. The molecule has 1 atom stereocenters. The van der Waals surface area contributed by atoms with E-state index in [1.165, 1.54) is 0 Å². The summed E-state index contributed by atoms with van der Waals surface area (Å²) in [6, 6.07) is 13.5. The van der Waals surface area contributed by atoms with Crippen LogP contribution in [0.5, 0.6) is 0 Å². The van der Waals surface area contributed by atoms with Gasteiger partial charge in [-0.3, -0.25) is 9.36 Å². The smallest absolute Gasteiger partial charge is 0.267 e. The first-order valence-electron chi connectivity index (χ1n) is 5.92. The van der Waals surface area contributed by atoms with Crippen LogP contribution in [-0.4, -0.2) is 15.6 Å². The third-order valence-electron chi connectivity index (χ3n) is 3.84. The van der Waals surface area contributed by atoms with Crippen LogP contribution in [0.15, 0.2) is 42.5 Å². The van der Waals surface area contributed by atoms with E-state index in [1.807, 2.05) is 42.5 Å². The molecule has 1 aliphatic rings. The summed E-state index contributed by atoms with van der Waals surface area (Å²) in [5, 5.41) is 12.5. The van der Waals surface area contributed by atoms with E-state index in [0.717, 1.165) is 21.8 Å². The molecule has 1 aromatic heterocycles. The van der Waals surface area contributed by atoms with E-state index in [2.05, 4.69) is 0 Å². The van der Waals surface area contributed by atoms with Crippen LogP contribution < -0.4 is 0 Å². The molecule has 1 unspecified atom stereocenters. The Bertz CT molecular complexity index is 827. The minimum absolute atomic E-state index is 0.269. The SMILES string of the molecule is CC1(O)C(=O)n2c3ccccc3c3cccc1c32. The van der Waals surface area contributed by atoms with Crippen molar-refractivity contribution in [3.63, 3.8) is 0 Å². The van der Waals surface area contributed by atoms with Gasteiger partial charge in [0.25, 0.3) is 5.91 Å². The Balaban J connectivity index is 2.37. The number of para-hydroxylation sites is 2. The molecule has 0 radical (unpaired) electrons. The molecule has 0 aliphatic carbocycles. The lowest BCUT2D eigenvalue weighted by Crippen LogP contribution is -2.30. The van der Waals surface area contributed by atoms with Gasteiger partial charge in [-0.2, -0.15) is 0 Å². The van der Waals surface area contributed by atoms with Crippen molar-refractivity contribution in [1.29, 1.82) is 0 Å². The second-order valence-corrected chi connectivity index (χ2v) is 4.93. The summed E-state index contributed by atoms with van der Waals surface area (Å²) in [7, 11) is 0. The Hall–Kier alpha value is -2.13. The molecule has 3 aromatic rings. The molecule has 3 nitrogen and oxygen atoms in total. The minimum Gasteiger partial charge on any atom is -0.375 e. The molecule has 2 heterocycles. The van der Waals surface area contributed by atoms with E-state index in [-0.39, 0.29) is 5.91 Å². The summed E-state index contributed by atoms with van der Waals surface area (Å²) >= 11 is 0. The number of carbonyl (C=O) groups is 1. The number of aromatic nitrogens is 1. The predicted molar refractivity (Wildman–Crippen MR) is 69.6 cm³/mol. The van der Waals surface area contributed by atoms with E-state index in [4.69, 9.17) is 0 Å². The van der Waals surface area contributed by atoms with Crippen molar-refractivity contribution in [2.45, 2.75) is 12.5 Å². The number of aliphatic hydroxyl groups is 1. The first kappa shape index (κ1) is 9.85. The standard InChI is InChI=1S/C15H11NO2/c1-15(18)11-7-4-6-10-9-5-2-3-8-12(9)16(13(10)11)14(15)17/h2-8,18H,1H3. The third kappa shape index (κ3) is 0.888. The number of benzene rings is 2. The van der Waals surface area contributed by atoms with E-state index >= 15 is 0 Å². The minimum atomic E-state index is -1.42. The lowest BCUT2D eigenvalue weighted by molar-refractivity contribution is 0.0354. The second kappa shape index (κ2) is 2.82. The van der Waals surface area contributed by atoms with Crippen molar-refractivity contribution in [3.05, 3.63) is 48.0 Å². The zero-order chi connectivity index (χ0) is 12.5. The highest BCUT2D eigenvalue weighted by atomic mass is 16.3. The van der Waals surface area contributed by atoms with Gasteiger partial charge in [0.2, 0.25) is 0 Å². The molecular weight excluding hydrogens is 226 g/mol. The van der Waals surface area contributed by atoms with Crippen molar-refractivity contribution in [2.75, 3.05) is 0 Å². The van der Waals surface area contributed by atoms with E-state index in [1.54, 1.807) is 11.5 Å². The fraction of sp³-hybridized carbons (Fsp3) is 0.133. The predicted octanol–water partition coefficient (Wildman–Crippen LogP) is 2.66. The number of rotatable bonds is 0.